The molecule has 0 heterocycles. The monoisotopic (exact) mass is 375 g/mol. The van der Waals surface area contributed by atoms with Crippen LogP contribution < -0.4 is 15.4 Å². The summed E-state index contributed by atoms with van der Waals surface area (Å²) in [5, 5.41) is 5.19. The van der Waals surface area contributed by atoms with Crippen molar-refractivity contribution in [3.8, 4) is 5.75 Å². The van der Waals surface area contributed by atoms with Gasteiger partial charge in [-0.2, -0.15) is 8.78 Å². The highest BCUT2D eigenvalue weighted by Gasteiger charge is 2.15. The number of nitrogens with zero attached hydrogens (tertiary/aromatic N) is 1. The lowest BCUT2D eigenvalue weighted by molar-refractivity contribution is -0.120. The molecule has 25 heavy (non-hydrogen) atoms. The van der Waals surface area contributed by atoms with Gasteiger partial charge in [0, 0.05) is 12.2 Å². The lowest BCUT2D eigenvalue weighted by Crippen LogP contribution is -2.44. The number of likely N-dealkylation sites (N-methyl/N-ethyl adjacent to an activating group) is 1. The Bertz CT molecular complexity index is 599. The van der Waals surface area contributed by atoms with Crippen LogP contribution in [0.3, 0.4) is 0 Å². The second kappa shape index (κ2) is 10.4. The molecular weight excluding hydrogens is 356 g/mol. The molecule has 10 heteroatoms. The number of anilines is 1. The second-order valence-electron chi connectivity index (χ2n) is 4.62. The van der Waals surface area contributed by atoms with Crippen molar-refractivity contribution in [1.82, 2.24) is 10.2 Å². The Morgan fingerprint density at radius 2 is 1.88 bits per heavy atom. The van der Waals surface area contributed by atoms with Crippen LogP contribution in [0.2, 0.25) is 0 Å². The predicted octanol–water partition coefficient (Wildman–Crippen LogP) is 2.58. The first kappa shape index (κ1) is 20.6. The normalized spacial score (nSPS) is 10.1. The van der Waals surface area contributed by atoms with E-state index >= 15 is 0 Å². The maximum atomic E-state index is 12.1. The Labute approximate surface area is 149 Å². The maximum absolute atomic E-state index is 12.1. The zero-order valence-electron chi connectivity index (χ0n) is 13.8. The number of benzene rings is 1. The van der Waals surface area contributed by atoms with Crippen LogP contribution in [0, 0.1) is 0 Å². The van der Waals surface area contributed by atoms with Gasteiger partial charge < -0.3 is 19.7 Å². The van der Waals surface area contributed by atoms with Gasteiger partial charge in [-0.1, -0.05) is 0 Å². The van der Waals surface area contributed by atoms with E-state index in [0.29, 0.717) is 12.2 Å². The number of thiocarbonyl (C=S) groups is 1. The maximum Gasteiger partial charge on any atom is 0.413 e. The number of rotatable bonds is 7. The average molecular weight is 375 g/mol. The number of halogens is 2. The first-order chi connectivity index (χ1) is 11.8. The molecule has 7 nitrogen and oxygen atoms in total. The summed E-state index contributed by atoms with van der Waals surface area (Å²) in [6.07, 6.45) is -0.822. The van der Waals surface area contributed by atoms with Crippen molar-refractivity contribution in [3.05, 3.63) is 24.3 Å². The Morgan fingerprint density at radius 3 is 2.40 bits per heavy atom. The molecule has 1 aromatic rings. The molecule has 1 aromatic carbocycles. The quantitative estimate of drug-likeness (QED) is 0.709. The molecule has 0 bridgehead atoms. The molecule has 0 fully saturated rings. The smallest absolute Gasteiger partial charge is 0.413 e. The van der Waals surface area contributed by atoms with Crippen molar-refractivity contribution < 1.29 is 27.8 Å². The van der Waals surface area contributed by atoms with Crippen molar-refractivity contribution in [2.75, 3.05) is 25.0 Å². The van der Waals surface area contributed by atoms with Crippen LogP contribution in [0.1, 0.15) is 13.8 Å². The highest BCUT2D eigenvalue weighted by molar-refractivity contribution is 7.80. The number of ether oxygens (including phenoxy) is 2. The third kappa shape index (κ3) is 7.75. The van der Waals surface area contributed by atoms with Crippen LogP contribution in [0.25, 0.3) is 0 Å². The first-order valence-electron chi connectivity index (χ1n) is 7.43. The summed E-state index contributed by atoms with van der Waals surface area (Å²) in [4.78, 5) is 24.5. The van der Waals surface area contributed by atoms with Gasteiger partial charge in [-0.05, 0) is 50.3 Å². The third-order valence-electron chi connectivity index (χ3n) is 2.85. The fourth-order valence-corrected chi connectivity index (χ4v) is 2.05. The number of imide groups is 1. The van der Waals surface area contributed by atoms with E-state index in [0.717, 1.165) is 0 Å². The SMILES string of the molecule is CCOC(=O)NC(=O)CN(CC)C(=S)Nc1ccc(OC(F)F)cc1. The van der Waals surface area contributed by atoms with Gasteiger partial charge in [0.05, 0.1) is 13.2 Å². The van der Waals surface area contributed by atoms with Crippen LogP contribution in [-0.4, -0.2) is 48.3 Å². The number of nitrogens with one attached hydrogen (secondary N) is 2. The van der Waals surface area contributed by atoms with E-state index in [-0.39, 0.29) is 24.0 Å². The summed E-state index contributed by atoms with van der Waals surface area (Å²) in [5.41, 5.74) is 0.538. The van der Waals surface area contributed by atoms with Gasteiger partial charge in [-0.25, -0.2) is 4.79 Å². The molecule has 2 amide bonds. The minimum atomic E-state index is -2.90. The standard InChI is InChI=1S/C15H19F2N3O4S/c1-3-20(9-12(21)19-15(22)23-4-2)14(25)18-10-5-7-11(8-6-10)24-13(16)17/h5-8,13H,3-4,9H2,1-2H3,(H,18,25)(H,19,21,22). The molecular formula is C15H19F2N3O4S. The summed E-state index contributed by atoms with van der Waals surface area (Å²) in [6.45, 7) is 0.933. The van der Waals surface area contributed by atoms with E-state index in [1.165, 1.54) is 29.2 Å². The highest BCUT2D eigenvalue weighted by atomic mass is 32.1. The molecule has 1 rings (SSSR count). The molecule has 0 radical (unpaired) electrons. The zero-order valence-corrected chi connectivity index (χ0v) is 14.6. The molecule has 0 atom stereocenters. The summed E-state index contributed by atoms with van der Waals surface area (Å²) >= 11 is 5.21. The molecule has 0 unspecified atom stereocenters. The number of alkyl carbamates (subject to hydrolysis) is 1. The molecule has 0 aliphatic heterocycles. The van der Waals surface area contributed by atoms with Gasteiger partial charge in [-0.3, -0.25) is 10.1 Å². The van der Waals surface area contributed by atoms with Crippen LogP contribution in [0.5, 0.6) is 5.75 Å². The van der Waals surface area contributed by atoms with E-state index < -0.39 is 18.6 Å². The molecule has 0 aromatic heterocycles. The van der Waals surface area contributed by atoms with E-state index in [2.05, 4.69) is 20.1 Å². The van der Waals surface area contributed by atoms with Gasteiger partial charge >= 0.3 is 12.7 Å². The van der Waals surface area contributed by atoms with Crippen molar-refractivity contribution in [1.29, 1.82) is 0 Å². The summed E-state index contributed by atoms with van der Waals surface area (Å²) in [5.74, 6) is -0.544. The van der Waals surface area contributed by atoms with Crippen molar-refractivity contribution in [2.45, 2.75) is 20.5 Å². The number of alkyl halides is 2. The fourth-order valence-electron chi connectivity index (χ4n) is 1.74. The minimum Gasteiger partial charge on any atom is -0.450 e. The second-order valence-corrected chi connectivity index (χ2v) is 5.00. The van der Waals surface area contributed by atoms with E-state index in [4.69, 9.17) is 12.2 Å². The van der Waals surface area contributed by atoms with Crippen molar-refractivity contribution in [3.63, 3.8) is 0 Å². The van der Waals surface area contributed by atoms with Gasteiger partial charge in [0.1, 0.15) is 5.75 Å². The van der Waals surface area contributed by atoms with Gasteiger partial charge in [-0.15, -0.1) is 0 Å². The number of amides is 2. The summed E-state index contributed by atoms with van der Waals surface area (Å²) < 4.78 is 33.1. The number of carbonyl (C=O) groups is 2. The Morgan fingerprint density at radius 1 is 1.24 bits per heavy atom. The molecule has 0 saturated carbocycles. The zero-order chi connectivity index (χ0) is 18.8. The Kier molecular flexibility index (Phi) is 8.54. The Balaban J connectivity index is 2.57. The van der Waals surface area contributed by atoms with Gasteiger partial charge in [0.15, 0.2) is 5.11 Å². The lowest BCUT2D eigenvalue weighted by Gasteiger charge is -2.23. The molecule has 0 saturated heterocycles. The van der Waals surface area contributed by atoms with Crippen LogP contribution in [0.15, 0.2) is 24.3 Å². The molecule has 0 spiro atoms. The molecule has 2 N–H and O–H groups in total. The Hall–Kier alpha value is -2.49. The van der Waals surface area contributed by atoms with Crippen molar-refractivity contribution >= 4 is 35.0 Å². The summed E-state index contributed by atoms with van der Waals surface area (Å²) in [6, 6.07) is 5.74. The van der Waals surface area contributed by atoms with Crippen molar-refractivity contribution in [2.24, 2.45) is 0 Å². The highest BCUT2D eigenvalue weighted by Crippen LogP contribution is 2.18. The average Bonchev–Trinajstić information content (AvgIpc) is 2.54. The number of carbonyl (C=O) groups excluding carboxylic acids is 2. The van der Waals surface area contributed by atoms with Gasteiger partial charge in [0.2, 0.25) is 5.91 Å². The molecule has 0 aliphatic carbocycles. The van der Waals surface area contributed by atoms with Gasteiger partial charge in [0.25, 0.3) is 0 Å². The first-order valence-corrected chi connectivity index (χ1v) is 7.83. The fraction of sp³-hybridized carbons (Fsp3) is 0.400. The molecule has 0 aliphatic rings. The largest absolute Gasteiger partial charge is 0.450 e. The van der Waals surface area contributed by atoms with E-state index in [1.54, 1.807) is 13.8 Å². The molecule has 138 valence electrons. The van der Waals surface area contributed by atoms with E-state index in [9.17, 15) is 18.4 Å². The lowest BCUT2D eigenvalue weighted by atomic mass is 10.3. The summed E-state index contributed by atoms with van der Waals surface area (Å²) in [7, 11) is 0. The number of hydrogen-bond acceptors (Lipinski definition) is 5. The predicted molar refractivity (Wildman–Crippen MR) is 91.7 cm³/mol. The van der Waals surface area contributed by atoms with E-state index in [1.807, 2.05) is 0 Å². The van der Waals surface area contributed by atoms with Crippen LogP contribution in [0.4, 0.5) is 19.3 Å². The third-order valence-corrected chi connectivity index (χ3v) is 3.21. The number of hydrogen-bond donors (Lipinski definition) is 2. The van der Waals surface area contributed by atoms with Crippen LogP contribution in [-0.2, 0) is 9.53 Å². The van der Waals surface area contributed by atoms with Crippen LogP contribution >= 0.6 is 12.2 Å². The minimum absolute atomic E-state index is 0.0210. The topological polar surface area (TPSA) is 79.9 Å².